The van der Waals surface area contributed by atoms with E-state index in [9.17, 15) is 0 Å². The second-order valence-electron chi connectivity index (χ2n) is 6.08. The first kappa shape index (κ1) is 9.64. The van der Waals surface area contributed by atoms with Gasteiger partial charge in [-0.15, -0.1) is 0 Å². The fourth-order valence-corrected chi connectivity index (χ4v) is 8.86. The molecule has 3 rings (SSSR count). The number of rotatable bonds is 3. The van der Waals surface area contributed by atoms with Crippen LogP contribution in [0.15, 0.2) is 0 Å². The summed E-state index contributed by atoms with van der Waals surface area (Å²) in [5, 5.41) is 0. The van der Waals surface area contributed by atoms with Crippen LogP contribution in [0, 0.1) is 17.3 Å². The van der Waals surface area contributed by atoms with Crippen molar-refractivity contribution in [2.75, 3.05) is 6.16 Å². The summed E-state index contributed by atoms with van der Waals surface area (Å²) in [6, 6.07) is 0. The Kier molecular flexibility index (Phi) is 2.05. The molecule has 0 nitrogen and oxygen atoms in total. The summed E-state index contributed by atoms with van der Waals surface area (Å²) < 4.78 is 0. The second kappa shape index (κ2) is 2.97. The van der Waals surface area contributed by atoms with E-state index in [1.807, 2.05) is 0 Å². The third-order valence-electron chi connectivity index (χ3n) is 5.43. The minimum atomic E-state index is 0.512. The number of hydrogen-bond donors (Lipinski definition) is 0. The molecule has 3 fully saturated rings. The smallest absolute Gasteiger partial charge is 0.0115 e. The van der Waals surface area contributed by atoms with Crippen LogP contribution in [0.5, 0.6) is 0 Å². The van der Waals surface area contributed by atoms with Gasteiger partial charge in [-0.05, 0) is 47.6 Å². The molecule has 0 N–H and O–H groups in total. The molecule has 6 unspecified atom stereocenters. The SMILES string of the molecule is CCCC(C)C12CC3CP(C(C)C1)C32. The zero-order chi connectivity index (χ0) is 9.92. The molecule has 1 aliphatic carbocycles. The first-order chi connectivity index (χ1) is 6.69. The Hall–Kier alpha value is 0.430. The summed E-state index contributed by atoms with van der Waals surface area (Å²) in [7, 11) is 0.512. The van der Waals surface area contributed by atoms with Crippen molar-refractivity contribution in [1.29, 1.82) is 0 Å². The van der Waals surface area contributed by atoms with Crippen LogP contribution >= 0.6 is 7.92 Å². The van der Waals surface area contributed by atoms with Crippen LogP contribution in [-0.2, 0) is 0 Å². The van der Waals surface area contributed by atoms with Gasteiger partial charge < -0.3 is 0 Å². The largest absolute Gasteiger partial charge is 0.0994 e. The lowest BCUT2D eigenvalue weighted by Gasteiger charge is -2.63. The van der Waals surface area contributed by atoms with Crippen LogP contribution in [0.25, 0.3) is 0 Å². The molecule has 0 bridgehead atoms. The van der Waals surface area contributed by atoms with Crippen LogP contribution in [0.4, 0.5) is 0 Å². The molecule has 1 saturated carbocycles. The highest BCUT2D eigenvalue weighted by Crippen LogP contribution is 2.83. The lowest BCUT2D eigenvalue weighted by Crippen LogP contribution is -2.58. The molecular formula is C13H23P. The molecule has 0 aromatic heterocycles. The topological polar surface area (TPSA) is 0 Å². The Bertz CT molecular complexity index is 250. The van der Waals surface area contributed by atoms with E-state index < -0.39 is 0 Å². The van der Waals surface area contributed by atoms with E-state index in [-0.39, 0.29) is 0 Å². The summed E-state index contributed by atoms with van der Waals surface area (Å²) in [6.07, 6.45) is 7.75. The fourth-order valence-electron chi connectivity index (χ4n) is 4.78. The Morgan fingerprint density at radius 2 is 2.21 bits per heavy atom. The quantitative estimate of drug-likeness (QED) is 0.615. The highest BCUT2D eigenvalue weighted by Gasteiger charge is 2.69. The molecule has 0 aromatic rings. The van der Waals surface area contributed by atoms with Gasteiger partial charge in [0.2, 0.25) is 0 Å². The van der Waals surface area contributed by atoms with E-state index in [0.717, 1.165) is 17.0 Å². The van der Waals surface area contributed by atoms with Crippen molar-refractivity contribution in [1.82, 2.24) is 0 Å². The third-order valence-corrected chi connectivity index (χ3v) is 9.28. The van der Waals surface area contributed by atoms with Crippen molar-refractivity contribution < 1.29 is 0 Å². The first-order valence-corrected chi connectivity index (χ1v) is 8.11. The van der Waals surface area contributed by atoms with Gasteiger partial charge in [0.15, 0.2) is 0 Å². The Morgan fingerprint density at radius 3 is 2.86 bits per heavy atom. The normalized spacial score (nSPS) is 55.9. The molecule has 0 amide bonds. The molecule has 0 radical (unpaired) electrons. The van der Waals surface area contributed by atoms with E-state index >= 15 is 0 Å². The summed E-state index contributed by atoms with van der Waals surface area (Å²) in [4.78, 5) is 0. The maximum Gasteiger partial charge on any atom is -0.0115 e. The molecule has 0 aromatic carbocycles. The number of hydrogen-bond acceptors (Lipinski definition) is 0. The summed E-state index contributed by atoms with van der Waals surface area (Å²) in [5.41, 5.74) is 3.23. The van der Waals surface area contributed by atoms with Crippen molar-refractivity contribution in [3.05, 3.63) is 0 Å². The fraction of sp³-hybridized carbons (Fsp3) is 1.00. The first-order valence-electron chi connectivity index (χ1n) is 6.45. The molecule has 2 heterocycles. The van der Waals surface area contributed by atoms with E-state index in [1.165, 1.54) is 24.4 Å². The summed E-state index contributed by atoms with van der Waals surface area (Å²) >= 11 is 0. The van der Waals surface area contributed by atoms with Gasteiger partial charge in [-0.25, -0.2) is 0 Å². The standard InChI is InChI=1S/C13H23P/c1-4-5-9(2)13-6-10(3)14-8-11(7-13)12(13)14/h9-12H,4-8H2,1-3H3. The van der Waals surface area contributed by atoms with Gasteiger partial charge in [-0.2, -0.15) is 0 Å². The highest BCUT2D eigenvalue weighted by molar-refractivity contribution is 7.61. The maximum absolute atomic E-state index is 2.55. The average Bonchev–Trinajstić information content (AvgIpc) is 2.24. The van der Waals surface area contributed by atoms with Gasteiger partial charge in [0.25, 0.3) is 0 Å². The van der Waals surface area contributed by atoms with E-state index in [4.69, 9.17) is 0 Å². The highest BCUT2D eigenvalue weighted by atomic mass is 31.1. The molecule has 14 heavy (non-hydrogen) atoms. The molecule has 2 aliphatic heterocycles. The van der Waals surface area contributed by atoms with E-state index in [1.54, 1.807) is 19.0 Å². The van der Waals surface area contributed by atoms with Gasteiger partial charge in [-0.1, -0.05) is 41.5 Å². The molecule has 3 aliphatic rings. The van der Waals surface area contributed by atoms with Gasteiger partial charge >= 0.3 is 0 Å². The lowest BCUT2D eigenvalue weighted by molar-refractivity contribution is 0.00798. The second-order valence-corrected chi connectivity index (χ2v) is 8.91. The monoisotopic (exact) mass is 210 g/mol. The van der Waals surface area contributed by atoms with Crippen LogP contribution < -0.4 is 0 Å². The zero-order valence-electron chi connectivity index (χ0n) is 9.79. The molecule has 2 saturated heterocycles. The van der Waals surface area contributed by atoms with Gasteiger partial charge in [0.1, 0.15) is 0 Å². The van der Waals surface area contributed by atoms with Gasteiger partial charge in [-0.3, -0.25) is 0 Å². The molecule has 1 heteroatoms. The minimum Gasteiger partial charge on any atom is -0.0994 e. The van der Waals surface area contributed by atoms with Gasteiger partial charge in [0.05, 0.1) is 0 Å². The van der Waals surface area contributed by atoms with Crippen LogP contribution in [0.3, 0.4) is 0 Å². The van der Waals surface area contributed by atoms with E-state index in [0.29, 0.717) is 7.92 Å². The van der Waals surface area contributed by atoms with E-state index in [2.05, 4.69) is 20.8 Å². The predicted octanol–water partition coefficient (Wildman–Crippen LogP) is 4.09. The van der Waals surface area contributed by atoms with Crippen LogP contribution in [0.1, 0.15) is 46.5 Å². The van der Waals surface area contributed by atoms with Crippen LogP contribution in [-0.4, -0.2) is 17.5 Å². The van der Waals surface area contributed by atoms with Crippen LogP contribution in [0.2, 0.25) is 0 Å². The molecule has 0 spiro atoms. The molecule has 80 valence electrons. The molecular weight excluding hydrogens is 187 g/mol. The molecule has 6 atom stereocenters. The zero-order valence-corrected chi connectivity index (χ0v) is 10.7. The predicted molar refractivity (Wildman–Crippen MR) is 64.3 cm³/mol. The van der Waals surface area contributed by atoms with Crippen molar-refractivity contribution in [2.24, 2.45) is 17.3 Å². The Labute approximate surface area is 89.6 Å². The Balaban J connectivity index is 1.79. The summed E-state index contributed by atoms with van der Waals surface area (Å²) in [5.74, 6) is 2.23. The maximum atomic E-state index is 2.55. The average molecular weight is 210 g/mol. The van der Waals surface area contributed by atoms with Crippen molar-refractivity contribution >= 4 is 7.92 Å². The lowest BCUT2D eigenvalue weighted by atomic mass is 9.53. The third kappa shape index (κ3) is 0.946. The Morgan fingerprint density at radius 1 is 1.43 bits per heavy atom. The van der Waals surface area contributed by atoms with Crippen molar-refractivity contribution in [3.8, 4) is 0 Å². The van der Waals surface area contributed by atoms with Crippen molar-refractivity contribution in [3.63, 3.8) is 0 Å². The van der Waals surface area contributed by atoms with Crippen molar-refractivity contribution in [2.45, 2.75) is 57.8 Å². The summed E-state index contributed by atoms with van der Waals surface area (Å²) in [6.45, 7) is 7.44. The van der Waals surface area contributed by atoms with Gasteiger partial charge in [0, 0.05) is 0 Å². The minimum absolute atomic E-state index is 0.512.